The van der Waals surface area contributed by atoms with Gasteiger partial charge in [-0.1, -0.05) is 24.3 Å². The zero-order valence-electron chi connectivity index (χ0n) is 24.2. The Bertz CT molecular complexity index is 1700. The Kier molecular flexibility index (Phi) is 10.3. The van der Waals surface area contributed by atoms with Crippen molar-refractivity contribution >= 4 is 74.9 Å². The number of thioether (sulfide) groups is 1. The molecule has 1 aliphatic rings. The highest BCUT2D eigenvalue weighted by Crippen LogP contribution is 2.39. The number of aryl methyl sites for hydroxylation is 1. The Balaban J connectivity index is 1.27. The van der Waals surface area contributed by atoms with Crippen LogP contribution < -0.4 is 16.0 Å². The summed E-state index contributed by atoms with van der Waals surface area (Å²) in [6.45, 7) is 1.79. The summed E-state index contributed by atoms with van der Waals surface area (Å²) < 4.78 is 5.02. The van der Waals surface area contributed by atoms with Crippen molar-refractivity contribution in [1.82, 2.24) is 5.32 Å². The number of hydrogen-bond acceptors (Lipinski definition) is 8. The van der Waals surface area contributed by atoms with Crippen LogP contribution in [0, 0.1) is 0 Å². The number of methoxy groups -OCH3 is 1. The van der Waals surface area contributed by atoms with E-state index in [1.54, 1.807) is 55.5 Å². The van der Waals surface area contributed by atoms with Gasteiger partial charge >= 0.3 is 5.97 Å². The molecule has 8 nitrogen and oxygen atoms in total. The number of rotatable bonds is 10. The third-order valence-corrected chi connectivity index (χ3v) is 9.96. The fourth-order valence-electron chi connectivity index (χ4n) is 4.75. The average Bonchev–Trinajstić information content (AvgIpc) is 3.68. The van der Waals surface area contributed by atoms with Gasteiger partial charge < -0.3 is 20.7 Å². The molecule has 0 radical (unpaired) electrons. The molecule has 2 aromatic carbocycles. The Morgan fingerprint density at radius 1 is 0.977 bits per heavy atom. The van der Waals surface area contributed by atoms with Crippen molar-refractivity contribution in [3.63, 3.8) is 0 Å². The number of ether oxygens (including phenoxy) is 1. The number of thiophene rings is 2. The molecule has 3 N–H and O–H groups in total. The number of esters is 1. The van der Waals surface area contributed by atoms with Gasteiger partial charge in [-0.2, -0.15) is 11.3 Å². The standard InChI is InChI=1S/C33H31N3O5S3/c1-20(29(37)36-32-28(33(40)41-2)25-13-6-7-14-27(25)44-32)43-24-12-8-11-23(18-24)34-31(39)26(17-21-15-16-42-19-21)35-30(38)22-9-4-3-5-10-22/h3-5,8-12,15-20H,6-7,13-14H2,1-2H3,(H,34,39)(H,35,38)(H,36,37)/b26-17-. The second-order valence-electron chi connectivity index (χ2n) is 10.1. The van der Waals surface area contributed by atoms with Gasteiger partial charge in [0.1, 0.15) is 10.7 Å². The van der Waals surface area contributed by atoms with Crippen molar-refractivity contribution in [2.24, 2.45) is 0 Å². The van der Waals surface area contributed by atoms with Crippen LogP contribution in [-0.2, 0) is 27.2 Å². The Morgan fingerprint density at radius 3 is 2.52 bits per heavy atom. The normalized spacial score (nSPS) is 13.4. The van der Waals surface area contributed by atoms with Crippen molar-refractivity contribution in [1.29, 1.82) is 0 Å². The lowest BCUT2D eigenvalue weighted by atomic mass is 9.95. The van der Waals surface area contributed by atoms with E-state index in [1.165, 1.54) is 41.5 Å². The summed E-state index contributed by atoms with van der Waals surface area (Å²) in [5, 5.41) is 12.4. The lowest BCUT2D eigenvalue weighted by molar-refractivity contribution is -0.115. The van der Waals surface area contributed by atoms with Crippen LogP contribution >= 0.6 is 34.4 Å². The molecule has 11 heteroatoms. The molecule has 2 heterocycles. The third kappa shape index (κ3) is 7.65. The van der Waals surface area contributed by atoms with Crippen molar-refractivity contribution < 1.29 is 23.9 Å². The van der Waals surface area contributed by atoms with Gasteiger partial charge in [-0.15, -0.1) is 23.1 Å². The predicted octanol–water partition coefficient (Wildman–Crippen LogP) is 7.00. The summed E-state index contributed by atoms with van der Waals surface area (Å²) in [5.41, 5.74) is 3.29. The second-order valence-corrected chi connectivity index (χ2v) is 13.4. The highest BCUT2D eigenvalue weighted by Gasteiger charge is 2.28. The molecular formula is C33H31N3O5S3. The van der Waals surface area contributed by atoms with Gasteiger partial charge in [-0.25, -0.2) is 4.79 Å². The van der Waals surface area contributed by atoms with Gasteiger partial charge in [0.15, 0.2) is 0 Å². The van der Waals surface area contributed by atoms with E-state index in [0.29, 0.717) is 21.8 Å². The van der Waals surface area contributed by atoms with Gasteiger partial charge in [-0.05, 0) is 97.0 Å². The largest absolute Gasteiger partial charge is 0.465 e. The van der Waals surface area contributed by atoms with Crippen molar-refractivity contribution in [3.8, 4) is 0 Å². The molecule has 4 aromatic rings. The van der Waals surface area contributed by atoms with Gasteiger partial charge in [0, 0.05) is 21.0 Å². The van der Waals surface area contributed by atoms with E-state index in [2.05, 4.69) is 16.0 Å². The van der Waals surface area contributed by atoms with Crippen molar-refractivity contribution in [2.45, 2.75) is 42.8 Å². The van der Waals surface area contributed by atoms with E-state index in [1.807, 2.05) is 29.0 Å². The monoisotopic (exact) mass is 645 g/mol. The molecule has 0 bridgehead atoms. The SMILES string of the molecule is COC(=O)c1c(NC(=O)C(C)Sc2cccc(NC(=O)/C(=C/c3ccsc3)NC(=O)c3ccccc3)c2)sc2c1CCCC2. The van der Waals surface area contributed by atoms with E-state index >= 15 is 0 Å². The Hall–Kier alpha value is -4.19. The van der Waals surface area contributed by atoms with Gasteiger partial charge in [-0.3, -0.25) is 14.4 Å². The summed E-state index contributed by atoms with van der Waals surface area (Å²) in [7, 11) is 1.35. The van der Waals surface area contributed by atoms with Crippen molar-refractivity contribution in [2.75, 3.05) is 17.7 Å². The number of nitrogens with one attached hydrogen (secondary N) is 3. The van der Waals surface area contributed by atoms with Crippen LogP contribution in [0.25, 0.3) is 6.08 Å². The van der Waals surface area contributed by atoms with E-state index in [4.69, 9.17) is 4.74 Å². The van der Waals surface area contributed by atoms with Gasteiger partial charge in [0.05, 0.1) is 17.9 Å². The summed E-state index contributed by atoms with van der Waals surface area (Å²) in [6.07, 6.45) is 5.39. The predicted molar refractivity (Wildman–Crippen MR) is 178 cm³/mol. The molecule has 0 aliphatic heterocycles. The topological polar surface area (TPSA) is 114 Å². The first-order chi connectivity index (χ1) is 21.3. The minimum Gasteiger partial charge on any atom is -0.465 e. The van der Waals surface area contributed by atoms with Crippen molar-refractivity contribution in [3.05, 3.63) is 104 Å². The molecule has 0 saturated carbocycles. The molecule has 1 aliphatic carbocycles. The lowest BCUT2D eigenvalue weighted by Gasteiger charge is -2.14. The average molecular weight is 646 g/mol. The summed E-state index contributed by atoms with van der Waals surface area (Å²) in [5.74, 6) is -1.55. The molecule has 44 heavy (non-hydrogen) atoms. The summed E-state index contributed by atoms with van der Waals surface area (Å²) in [4.78, 5) is 53.9. The second kappa shape index (κ2) is 14.5. The third-order valence-electron chi connectivity index (χ3n) is 6.95. The molecule has 1 atom stereocenters. The first-order valence-corrected chi connectivity index (χ1v) is 16.7. The highest BCUT2D eigenvalue weighted by atomic mass is 32.2. The molecule has 3 amide bonds. The maximum Gasteiger partial charge on any atom is 0.341 e. The first-order valence-electron chi connectivity index (χ1n) is 14.0. The zero-order chi connectivity index (χ0) is 31.1. The van der Waals surface area contributed by atoms with E-state index in [-0.39, 0.29) is 11.6 Å². The van der Waals surface area contributed by atoms with Crippen LogP contribution in [0.3, 0.4) is 0 Å². The number of fused-ring (bicyclic) bond motifs is 1. The maximum absolute atomic E-state index is 13.3. The maximum atomic E-state index is 13.3. The number of benzene rings is 2. The quantitative estimate of drug-likeness (QED) is 0.0972. The smallest absolute Gasteiger partial charge is 0.341 e. The van der Waals surface area contributed by atoms with Gasteiger partial charge in [0.25, 0.3) is 11.8 Å². The van der Waals surface area contributed by atoms with Crippen LogP contribution in [0.4, 0.5) is 10.7 Å². The molecule has 2 aromatic heterocycles. The van der Waals surface area contributed by atoms with Crippen LogP contribution in [0.1, 0.15) is 56.5 Å². The van der Waals surface area contributed by atoms with Gasteiger partial charge in [0.2, 0.25) is 5.91 Å². The molecule has 1 unspecified atom stereocenters. The minimum absolute atomic E-state index is 0.100. The fourth-order valence-corrected chi connectivity index (χ4v) is 7.58. The van der Waals surface area contributed by atoms with E-state index < -0.39 is 23.0 Å². The molecule has 5 rings (SSSR count). The molecular weight excluding hydrogens is 615 g/mol. The minimum atomic E-state index is -0.496. The zero-order valence-corrected chi connectivity index (χ0v) is 26.6. The lowest BCUT2D eigenvalue weighted by Crippen LogP contribution is -2.30. The van der Waals surface area contributed by atoms with Crippen LogP contribution in [0.5, 0.6) is 0 Å². The molecule has 0 saturated heterocycles. The number of carbonyl (C=O) groups is 4. The molecule has 0 fully saturated rings. The van der Waals surface area contributed by atoms with E-state index in [0.717, 1.165) is 46.6 Å². The summed E-state index contributed by atoms with van der Waals surface area (Å²) in [6, 6.07) is 17.7. The molecule has 226 valence electrons. The highest BCUT2D eigenvalue weighted by molar-refractivity contribution is 8.00. The summed E-state index contributed by atoms with van der Waals surface area (Å²) >= 11 is 4.26. The van der Waals surface area contributed by atoms with Crippen LogP contribution in [0.2, 0.25) is 0 Å². The fraction of sp³-hybridized carbons (Fsp3) is 0.212. The van der Waals surface area contributed by atoms with Crippen LogP contribution in [-0.4, -0.2) is 36.1 Å². The number of hydrogen-bond donors (Lipinski definition) is 3. The number of amides is 3. The number of carbonyl (C=O) groups excluding carboxylic acids is 4. The Morgan fingerprint density at radius 2 is 1.77 bits per heavy atom. The molecule has 0 spiro atoms. The number of anilines is 2. The van der Waals surface area contributed by atoms with E-state index in [9.17, 15) is 19.2 Å². The first kappa shape index (κ1) is 31.2. The van der Waals surface area contributed by atoms with Crippen LogP contribution in [0.15, 0.2) is 82.0 Å². The Labute approximate surface area is 267 Å².